The molecule has 0 spiro atoms. The second-order valence-electron chi connectivity index (χ2n) is 4.82. The molecule has 1 heterocycles. The smallest absolute Gasteiger partial charge is 0.109 e. The highest BCUT2D eigenvalue weighted by molar-refractivity contribution is 5.75. The van der Waals surface area contributed by atoms with E-state index < -0.39 is 0 Å². The normalized spacial score (nSPS) is 13.1. The number of nitrogens with zero attached hydrogens (tertiary/aromatic N) is 2. The molecule has 1 aromatic carbocycles. The maximum Gasteiger partial charge on any atom is 0.109 e. The highest BCUT2D eigenvalue weighted by Crippen LogP contribution is 2.18. The summed E-state index contributed by atoms with van der Waals surface area (Å²) in [5.74, 6) is 1.09. The van der Waals surface area contributed by atoms with Gasteiger partial charge in [0.2, 0.25) is 0 Å². The van der Waals surface area contributed by atoms with Crippen LogP contribution in [0.2, 0.25) is 0 Å². The summed E-state index contributed by atoms with van der Waals surface area (Å²) in [5.41, 5.74) is 2.17. The Bertz CT molecular complexity index is 504. The molecule has 98 valence electrons. The van der Waals surface area contributed by atoms with E-state index >= 15 is 0 Å². The van der Waals surface area contributed by atoms with E-state index in [0.29, 0.717) is 6.54 Å². The summed E-state index contributed by atoms with van der Waals surface area (Å²) in [7, 11) is 0. The highest BCUT2D eigenvalue weighted by atomic mass is 16.3. The number of aromatic nitrogens is 2. The molecule has 18 heavy (non-hydrogen) atoms. The van der Waals surface area contributed by atoms with Crippen LogP contribution in [-0.4, -0.2) is 20.8 Å². The maximum absolute atomic E-state index is 10.0. The zero-order chi connectivity index (χ0) is 13.0. The fourth-order valence-corrected chi connectivity index (χ4v) is 2.38. The standard InChI is InChI=1S/C15H22N2O/c1-3-7-12(18)11-17-14-10-6-5-9-13(14)16-15(17)8-4-2/h5-6,9-10,12,18H,3-4,7-8,11H2,1-2H3. The molecular weight excluding hydrogens is 224 g/mol. The number of imidazole rings is 1. The van der Waals surface area contributed by atoms with Gasteiger partial charge in [-0.1, -0.05) is 32.4 Å². The van der Waals surface area contributed by atoms with E-state index in [1.54, 1.807) is 0 Å². The first-order valence-electron chi connectivity index (χ1n) is 6.88. The van der Waals surface area contributed by atoms with Crippen molar-refractivity contribution in [1.29, 1.82) is 0 Å². The lowest BCUT2D eigenvalue weighted by molar-refractivity contribution is 0.143. The van der Waals surface area contributed by atoms with Crippen LogP contribution >= 0.6 is 0 Å². The zero-order valence-electron chi connectivity index (χ0n) is 11.3. The Morgan fingerprint density at radius 2 is 2.00 bits per heavy atom. The highest BCUT2D eigenvalue weighted by Gasteiger charge is 2.12. The Balaban J connectivity index is 2.35. The fraction of sp³-hybridized carbons (Fsp3) is 0.533. The van der Waals surface area contributed by atoms with Gasteiger partial charge in [0.25, 0.3) is 0 Å². The van der Waals surface area contributed by atoms with Gasteiger partial charge in [0.1, 0.15) is 5.82 Å². The van der Waals surface area contributed by atoms with Gasteiger partial charge in [-0.05, 0) is 25.0 Å². The van der Waals surface area contributed by atoms with E-state index in [-0.39, 0.29) is 6.10 Å². The molecule has 0 amide bonds. The monoisotopic (exact) mass is 246 g/mol. The number of hydrogen-bond acceptors (Lipinski definition) is 2. The van der Waals surface area contributed by atoms with E-state index in [1.165, 1.54) is 0 Å². The van der Waals surface area contributed by atoms with Crippen molar-refractivity contribution in [2.75, 3.05) is 0 Å². The molecule has 0 bridgehead atoms. The summed E-state index contributed by atoms with van der Waals surface area (Å²) < 4.78 is 2.18. The first-order valence-corrected chi connectivity index (χ1v) is 6.88. The third-order valence-electron chi connectivity index (χ3n) is 3.22. The van der Waals surface area contributed by atoms with Crippen molar-refractivity contribution in [3.63, 3.8) is 0 Å². The molecule has 0 aliphatic rings. The molecule has 2 rings (SSSR count). The predicted molar refractivity (Wildman–Crippen MR) is 74.6 cm³/mol. The molecule has 0 saturated heterocycles. The zero-order valence-corrected chi connectivity index (χ0v) is 11.3. The number of fused-ring (bicyclic) bond motifs is 1. The van der Waals surface area contributed by atoms with E-state index in [4.69, 9.17) is 0 Å². The molecule has 0 fully saturated rings. The molecule has 0 saturated carbocycles. The largest absolute Gasteiger partial charge is 0.391 e. The van der Waals surface area contributed by atoms with E-state index in [2.05, 4.69) is 29.5 Å². The van der Waals surface area contributed by atoms with E-state index in [0.717, 1.165) is 42.5 Å². The fourth-order valence-electron chi connectivity index (χ4n) is 2.38. The van der Waals surface area contributed by atoms with Gasteiger partial charge in [-0.2, -0.15) is 0 Å². The lowest BCUT2D eigenvalue weighted by Crippen LogP contribution is -2.17. The maximum atomic E-state index is 10.0. The van der Waals surface area contributed by atoms with Crippen LogP contribution in [0.5, 0.6) is 0 Å². The molecule has 0 radical (unpaired) electrons. The predicted octanol–water partition coefficient (Wildman–Crippen LogP) is 3.15. The molecule has 1 unspecified atom stereocenters. The molecule has 2 aromatic rings. The second-order valence-corrected chi connectivity index (χ2v) is 4.82. The minimum absolute atomic E-state index is 0.275. The minimum Gasteiger partial charge on any atom is -0.391 e. The van der Waals surface area contributed by atoms with Crippen LogP contribution in [0.3, 0.4) is 0 Å². The van der Waals surface area contributed by atoms with Crippen LogP contribution in [0, 0.1) is 0 Å². The van der Waals surface area contributed by atoms with E-state index in [1.807, 2.05) is 18.2 Å². The van der Waals surface area contributed by atoms with Crippen molar-refractivity contribution in [2.24, 2.45) is 0 Å². The first kappa shape index (κ1) is 13.1. The summed E-state index contributed by atoms with van der Waals surface area (Å²) in [5, 5.41) is 10.0. The topological polar surface area (TPSA) is 38.0 Å². The van der Waals surface area contributed by atoms with Crippen LogP contribution in [0.1, 0.15) is 38.9 Å². The van der Waals surface area contributed by atoms with Gasteiger partial charge >= 0.3 is 0 Å². The third-order valence-corrected chi connectivity index (χ3v) is 3.22. The Kier molecular flexibility index (Phi) is 4.37. The van der Waals surface area contributed by atoms with Crippen molar-refractivity contribution < 1.29 is 5.11 Å². The van der Waals surface area contributed by atoms with Gasteiger partial charge in [-0.15, -0.1) is 0 Å². The Morgan fingerprint density at radius 1 is 1.22 bits per heavy atom. The molecule has 0 aliphatic carbocycles. The second kappa shape index (κ2) is 6.01. The van der Waals surface area contributed by atoms with Gasteiger partial charge in [-0.25, -0.2) is 4.98 Å². The number of aliphatic hydroxyl groups is 1. The third kappa shape index (κ3) is 2.72. The quantitative estimate of drug-likeness (QED) is 0.850. The van der Waals surface area contributed by atoms with Gasteiger partial charge < -0.3 is 9.67 Å². The summed E-state index contributed by atoms with van der Waals surface area (Å²) in [6, 6.07) is 8.16. The molecule has 1 N–H and O–H groups in total. The van der Waals surface area contributed by atoms with Crippen LogP contribution in [0.4, 0.5) is 0 Å². The Hall–Kier alpha value is -1.35. The van der Waals surface area contributed by atoms with E-state index in [9.17, 15) is 5.11 Å². The summed E-state index contributed by atoms with van der Waals surface area (Å²) in [4.78, 5) is 4.67. The van der Waals surface area contributed by atoms with Crippen molar-refractivity contribution in [3.8, 4) is 0 Å². The molecule has 1 aromatic heterocycles. The average Bonchev–Trinajstić information content (AvgIpc) is 2.69. The molecule has 3 nitrogen and oxygen atoms in total. The van der Waals surface area contributed by atoms with Crippen molar-refractivity contribution >= 4 is 11.0 Å². The molecule has 0 aliphatic heterocycles. The average molecular weight is 246 g/mol. The summed E-state index contributed by atoms with van der Waals surface area (Å²) in [6.45, 7) is 4.91. The summed E-state index contributed by atoms with van der Waals surface area (Å²) in [6.07, 6.45) is 3.62. The molecule has 1 atom stereocenters. The van der Waals surface area contributed by atoms with Gasteiger partial charge in [0, 0.05) is 6.42 Å². The van der Waals surface area contributed by atoms with Crippen molar-refractivity contribution in [2.45, 2.75) is 52.2 Å². The molecule has 3 heteroatoms. The number of aliphatic hydroxyl groups excluding tert-OH is 1. The van der Waals surface area contributed by atoms with Crippen molar-refractivity contribution in [1.82, 2.24) is 9.55 Å². The van der Waals surface area contributed by atoms with Crippen LogP contribution < -0.4 is 0 Å². The van der Waals surface area contributed by atoms with Crippen LogP contribution in [0.25, 0.3) is 11.0 Å². The SMILES string of the molecule is CCCc1nc2ccccc2n1CC(O)CCC. The van der Waals surface area contributed by atoms with Gasteiger partial charge in [-0.3, -0.25) is 0 Å². The van der Waals surface area contributed by atoms with Crippen LogP contribution in [0.15, 0.2) is 24.3 Å². The van der Waals surface area contributed by atoms with Gasteiger partial charge in [0.15, 0.2) is 0 Å². The number of aryl methyl sites for hydroxylation is 1. The minimum atomic E-state index is -0.275. The van der Waals surface area contributed by atoms with Gasteiger partial charge in [0.05, 0.1) is 23.7 Å². The molecular formula is C15H22N2O. The van der Waals surface area contributed by atoms with Crippen molar-refractivity contribution in [3.05, 3.63) is 30.1 Å². The summed E-state index contributed by atoms with van der Waals surface area (Å²) >= 11 is 0. The Labute approximate surface area is 108 Å². The lowest BCUT2D eigenvalue weighted by atomic mass is 10.2. The Morgan fingerprint density at radius 3 is 2.72 bits per heavy atom. The number of para-hydroxylation sites is 2. The number of benzene rings is 1. The number of hydrogen-bond donors (Lipinski definition) is 1. The first-order chi connectivity index (χ1) is 8.76. The van der Waals surface area contributed by atoms with Crippen LogP contribution in [-0.2, 0) is 13.0 Å². The number of rotatable bonds is 6. The lowest BCUT2D eigenvalue weighted by Gasteiger charge is -2.13.